The van der Waals surface area contributed by atoms with Crippen molar-refractivity contribution in [3.8, 4) is 5.75 Å². The number of nitrogens with zero attached hydrogens (tertiary/aromatic N) is 2. The van der Waals surface area contributed by atoms with Crippen molar-refractivity contribution >= 4 is 12.4 Å². The summed E-state index contributed by atoms with van der Waals surface area (Å²) in [7, 11) is 1.93. The van der Waals surface area contributed by atoms with Crippen LogP contribution in [0.4, 0.5) is 0 Å². The number of ether oxygens (including phenoxy) is 1. The highest BCUT2D eigenvalue weighted by Gasteiger charge is 1.97. The second kappa shape index (κ2) is 7.81. The predicted octanol–water partition coefficient (Wildman–Crippen LogP) is 2.53. The summed E-state index contributed by atoms with van der Waals surface area (Å²) in [4.78, 5) is 0. The normalized spacial score (nSPS) is 10.0. The number of aryl methyl sites for hydroxylation is 1. The smallest absolute Gasteiger partial charge is 0.119 e. The lowest BCUT2D eigenvalue weighted by molar-refractivity contribution is 0.340. The van der Waals surface area contributed by atoms with Gasteiger partial charge in [0.1, 0.15) is 5.75 Å². The average Bonchev–Trinajstić information content (AvgIpc) is 2.78. The second-order valence-electron chi connectivity index (χ2n) is 4.20. The lowest BCUT2D eigenvalue weighted by Gasteiger charge is -2.06. The van der Waals surface area contributed by atoms with Crippen molar-refractivity contribution in [2.45, 2.75) is 20.0 Å². The highest BCUT2D eigenvalue weighted by molar-refractivity contribution is 5.85. The van der Waals surface area contributed by atoms with Gasteiger partial charge in [0.05, 0.1) is 12.8 Å². The maximum atomic E-state index is 5.41. The van der Waals surface area contributed by atoms with Crippen LogP contribution in [0.2, 0.25) is 0 Å². The molecule has 0 amide bonds. The largest absolute Gasteiger partial charge is 0.494 e. The number of nitrogens with one attached hydrogen (secondary N) is 1. The summed E-state index contributed by atoms with van der Waals surface area (Å²) in [5.74, 6) is 0.925. The minimum Gasteiger partial charge on any atom is -0.494 e. The summed E-state index contributed by atoms with van der Waals surface area (Å²) < 4.78 is 7.22. The van der Waals surface area contributed by atoms with Gasteiger partial charge in [-0.1, -0.05) is 12.1 Å². The lowest BCUT2D eigenvalue weighted by Crippen LogP contribution is -2.12. The van der Waals surface area contributed by atoms with Gasteiger partial charge in [-0.15, -0.1) is 12.4 Å². The quantitative estimate of drug-likeness (QED) is 0.884. The molecule has 0 saturated heterocycles. The van der Waals surface area contributed by atoms with Gasteiger partial charge in [0, 0.05) is 31.9 Å². The van der Waals surface area contributed by atoms with E-state index in [9.17, 15) is 0 Å². The monoisotopic (exact) mass is 281 g/mol. The van der Waals surface area contributed by atoms with E-state index in [-0.39, 0.29) is 12.4 Å². The summed E-state index contributed by atoms with van der Waals surface area (Å²) in [5, 5.41) is 7.52. The molecule has 19 heavy (non-hydrogen) atoms. The molecule has 5 heteroatoms. The van der Waals surface area contributed by atoms with Gasteiger partial charge < -0.3 is 10.1 Å². The Morgan fingerprint density at radius 1 is 1.16 bits per heavy atom. The molecule has 0 unspecified atom stereocenters. The van der Waals surface area contributed by atoms with E-state index in [1.54, 1.807) is 0 Å². The zero-order valence-electron chi connectivity index (χ0n) is 11.3. The van der Waals surface area contributed by atoms with E-state index < -0.39 is 0 Å². The molecule has 0 fully saturated rings. The summed E-state index contributed by atoms with van der Waals surface area (Å²) >= 11 is 0. The fourth-order valence-corrected chi connectivity index (χ4v) is 1.78. The summed E-state index contributed by atoms with van der Waals surface area (Å²) in [6, 6.07) is 8.18. The number of benzene rings is 1. The van der Waals surface area contributed by atoms with Crippen LogP contribution in [0.15, 0.2) is 36.7 Å². The number of hydrogen-bond acceptors (Lipinski definition) is 3. The Balaban J connectivity index is 0.00000180. The van der Waals surface area contributed by atoms with Crippen molar-refractivity contribution in [1.29, 1.82) is 0 Å². The van der Waals surface area contributed by atoms with Crippen LogP contribution in [0.5, 0.6) is 5.75 Å². The van der Waals surface area contributed by atoms with Gasteiger partial charge >= 0.3 is 0 Å². The Bertz CT molecular complexity index is 482. The van der Waals surface area contributed by atoms with E-state index >= 15 is 0 Å². The molecule has 0 aliphatic heterocycles. The van der Waals surface area contributed by atoms with Gasteiger partial charge in [-0.2, -0.15) is 5.10 Å². The van der Waals surface area contributed by atoms with Gasteiger partial charge in [-0.05, 0) is 24.6 Å². The molecule has 1 N–H and O–H groups in total. The molecule has 0 spiro atoms. The Hall–Kier alpha value is -1.52. The summed E-state index contributed by atoms with van der Waals surface area (Å²) in [5.41, 5.74) is 2.45. The van der Waals surface area contributed by atoms with Crippen molar-refractivity contribution in [3.05, 3.63) is 47.8 Å². The number of halogens is 1. The molecule has 104 valence electrons. The van der Waals surface area contributed by atoms with Crippen LogP contribution < -0.4 is 10.1 Å². The first-order valence-electron chi connectivity index (χ1n) is 6.18. The Morgan fingerprint density at radius 3 is 2.42 bits per heavy atom. The van der Waals surface area contributed by atoms with Crippen molar-refractivity contribution < 1.29 is 4.74 Å². The fraction of sp³-hybridized carbons (Fsp3) is 0.357. The van der Waals surface area contributed by atoms with E-state index in [1.807, 2.05) is 43.2 Å². The Kier molecular flexibility index (Phi) is 6.39. The van der Waals surface area contributed by atoms with Crippen molar-refractivity contribution in [1.82, 2.24) is 15.1 Å². The molecule has 0 radical (unpaired) electrons. The molecule has 0 saturated carbocycles. The number of rotatable bonds is 6. The standard InChI is InChI=1S/C14H19N3O.ClH/c1-3-18-14-6-4-12(5-7-14)8-15-9-13-10-16-17(2)11-13;/h4-7,10-11,15H,3,8-9H2,1-2H3;1H. The topological polar surface area (TPSA) is 39.1 Å². The molecule has 2 rings (SSSR count). The van der Waals surface area contributed by atoms with E-state index in [0.717, 1.165) is 18.8 Å². The first-order valence-corrected chi connectivity index (χ1v) is 6.18. The fourth-order valence-electron chi connectivity index (χ4n) is 1.78. The SMILES string of the molecule is CCOc1ccc(CNCc2cnn(C)c2)cc1.Cl. The minimum atomic E-state index is 0. The number of aromatic nitrogens is 2. The molecule has 0 aliphatic rings. The third-order valence-corrected chi connectivity index (χ3v) is 2.65. The molecular formula is C14H20ClN3O. The third-order valence-electron chi connectivity index (χ3n) is 2.65. The number of hydrogen-bond donors (Lipinski definition) is 1. The van der Waals surface area contributed by atoms with E-state index in [1.165, 1.54) is 11.1 Å². The molecule has 0 aliphatic carbocycles. The van der Waals surface area contributed by atoms with Gasteiger partial charge in [0.25, 0.3) is 0 Å². The zero-order valence-corrected chi connectivity index (χ0v) is 12.1. The molecule has 1 aromatic carbocycles. The highest BCUT2D eigenvalue weighted by Crippen LogP contribution is 2.11. The van der Waals surface area contributed by atoms with Gasteiger partial charge in [-0.25, -0.2) is 0 Å². The van der Waals surface area contributed by atoms with Crippen molar-refractivity contribution in [2.24, 2.45) is 7.05 Å². The zero-order chi connectivity index (χ0) is 12.8. The van der Waals surface area contributed by atoms with E-state index in [0.29, 0.717) is 6.61 Å². The van der Waals surface area contributed by atoms with Crippen LogP contribution >= 0.6 is 12.4 Å². The molecule has 4 nitrogen and oxygen atoms in total. The van der Waals surface area contributed by atoms with E-state index in [2.05, 4.69) is 22.5 Å². The first kappa shape index (κ1) is 15.5. The molecular weight excluding hydrogens is 262 g/mol. The van der Waals surface area contributed by atoms with Crippen LogP contribution in [-0.4, -0.2) is 16.4 Å². The van der Waals surface area contributed by atoms with Gasteiger partial charge in [0.2, 0.25) is 0 Å². The lowest BCUT2D eigenvalue weighted by atomic mass is 10.2. The third kappa shape index (κ3) is 4.93. The van der Waals surface area contributed by atoms with Crippen LogP contribution in [-0.2, 0) is 20.1 Å². The Labute approximate surface area is 120 Å². The maximum absolute atomic E-state index is 5.41. The minimum absolute atomic E-state index is 0. The predicted molar refractivity (Wildman–Crippen MR) is 78.6 cm³/mol. The first-order chi connectivity index (χ1) is 8.78. The van der Waals surface area contributed by atoms with Crippen LogP contribution in [0, 0.1) is 0 Å². The van der Waals surface area contributed by atoms with Crippen LogP contribution in [0.1, 0.15) is 18.1 Å². The highest BCUT2D eigenvalue weighted by atomic mass is 35.5. The molecule has 1 heterocycles. The Morgan fingerprint density at radius 2 is 1.84 bits per heavy atom. The summed E-state index contributed by atoms with van der Waals surface area (Å²) in [6.45, 7) is 4.38. The molecule has 0 atom stereocenters. The van der Waals surface area contributed by atoms with Crippen molar-refractivity contribution in [2.75, 3.05) is 6.61 Å². The van der Waals surface area contributed by atoms with Crippen LogP contribution in [0.25, 0.3) is 0 Å². The second-order valence-corrected chi connectivity index (χ2v) is 4.20. The van der Waals surface area contributed by atoms with Gasteiger partial charge in [-0.3, -0.25) is 4.68 Å². The van der Waals surface area contributed by atoms with Gasteiger partial charge in [0.15, 0.2) is 0 Å². The summed E-state index contributed by atoms with van der Waals surface area (Å²) in [6.07, 6.45) is 3.90. The maximum Gasteiger partial charge on any atom is 0.119 e. The average molecular weight is 282 g/mol. The molecule has 2 aromatic rings. The van der Waals surface area contributed by atoms with Crippen molar-refractivity contribution in [3.63, 3.8) is 0 Å². The van der Waals surface area contributed by atoms with E-state index in [4.69, 9.17) is 4.74 Å². The van der Waals surface area contributed by atoms with Crippen LogP contribution in [0.3, 0.4) is 0 Å². The molecule has 1 aromatic heterocycles. The molecule has 0 bridgehead atoms.